The zero-order valence-corrected chi connectivity index (χ0v) is 10.9. The van der Waals surface area contributed by atoms with E-state index >= 15 is 0 Å². The highest BCUT2D eigenvalue weighted by Gasteiger charge is 2.11. The second-order valence-corrected chi connectivity index (χ2v) is 4.52. The molecule has 1 aromatic rings. The first-order valence-corrected chi connectivity index (χ1v) is 6.27. The molecule has 1 aliphatic rings. The van der Waals surface area contributed by atoms with E-state index < -0.39 is 0 Å². The smallest absolute Gasteiger partial charge is 0.219 e. The van der Waals surface area contributed by atoms with Crippen LogP contribution in [0.25, 0.3) is 0 Å². The van der Waals surface area contributed by atoms with Crippen LogP contribution < -0.4 is 9.47 Å². The topological polar surface area (TPSA) is 38.8 Å². The number of benzene rings is 1. The van der Waals surface area contributed by atoms with E-state index in [-0.39, 0.29) is 5.91 Å². The number of carbonyl (C=O) groups excluding carboxylic acids is 1. The average Bonchev–Trinajstić information content (AvgIpc) is 2.60. The summed E-state index contributed by atoms with van der Waals surface area (Å²) in [5.74, 6) is 1.72. The van der Waals surface area contributed by atoms with Crippen molar-refractivity contribution in [2.75, 3.05) is 26.8 Å². The Balaban J connectivity index is 2.02. The first-order valence-electron chi connectivity index (χ1n) is 6.27. The Morgan fingerprint density at radius 1 is 1.28 bits per heavy atom. The van der Waals surface area contributed by atoms with Crippen molar-refractivity contribution >= 4 is 5.91 Å². The average molecular weight is 249 g/mol. The Bertz CT molecular complexity index is 431. The highest BCUT2D eigenvalue weighted by atomic mass is 16.5. The van der Waals surface area contributed by atoms with Crippen molar-refractivity contribution < 1.29 is 14.3 Å². The Labute approximate surface area is 107 Å². The summed E-state index contributed by atoms with van der Waals surface area (Å²) in [6.45, 7) is 3.70. The van der Waals surface area contributed by atoms with Gasteiger partial charge in [-0.15, -0.1) is 0 Å². The lowest BCUT2D eigenvalue weighted by Gasteiger charge is -2.15. The minimum atomic E-state index is 0.0874. The van der Waals surface area contributed by atoms with Gasteiger partial charge in [0.1, 0.15) is 0 Å². The summed E-state index contributed by atoms with van der Waals surface area (Å²) in [5.41, 5.74) is 1.16. The van der Waals surface area contributed by atoms with E-state index in [2.05, 4.69) is 0 Å². The van der Waals surface area contributed by atoms with Crippen LogP contribution in [0.3, 0.4) is 0 Å². The third-order valence-electron chi connectivity index (χ3n) is 3.09. The number of hydrogen-bond donors (Lipinski definition) is 0. The zero-order valence-electron chi connectivity index (χ0n) is 10.9. The second kappa shape index (κ2) is 5.76. The van der Waals surface area contributed by atoms with Crippen LogP contribution in [0.2, 0.25) is 0 Å². The summed E-state index contributed by atoms with van der Waals surface area (Å²) in [6.07, 6.45) is 1.74. The zero-order chi connectivity index (χ0) is 13.0. The molecule has 4 nitrogen and oxygen atoms in total. The molecule has 0 radical (unpaired) electrons. The quantitative estimate of drug-likeness (QED) is 0.821. The fourth-order valence-electron chi connectivity index (χ4n) is 1.82. The van der Waals surface area contributed by atoms with E-state index in [9.17, 15) is 4.79 Å². The molecule has 1 aliphatic heterocycles. The molecule has 0 aromatic heterocycles. The van der Waals surface area contributed by atoms with Crippen LogP contribution in [0, 0.1) is 0 Å². The van der Waals surface area contributed by atoms with Gasteiger partial charge in [-0.05, 0) is 24.1 Å². The van der Waals surface area contributed by atoms with Gasteiger partial charge in [0, 0.05) is 26.9 Å². The van der Waals surface area contributed by atoms with Gasteiger partial charge in [0.05, 0.1) is 13.2 Å². The van der Waals surface area contributed by atoms with Crippen molar-refractivity contribution in [3.8, 4) is 11.5 Å². The molecule has 0 bridgehead atoms. The minimum Gasteiger partial charge on any atom is -0.490 e. The molecular formula is C14H19NO3. The Hall–Kier alpha value is -1.71. The third kappa shape index (κ3) is 3.15. The van der Waals surface area contributed by atoms with Gasteiger partial charge in [0.15, 0.2) is 11.5 Å². The largest absolute Gasteiger partial charge is 0.490 e. The summed E-state index contributed by atoms with van der Waals surface area (Å²) in [6, 6.07) is 5.99. The van der Waals surface area contributed by atoms with Crippen molar-refractivity contribution in [3.63, 3.8) is 0 Å². The van der Waals surface area contributed by atoms with Gasteiger partial charge in [-0.25, -0.2) is 0 Å². The molecule has 1 aromatic carbocycles. The van der Waals surface area contributed by atoms with Crippen molar-refractivity contribution in [1.29, 1.82) is 0 Å². The lowest BCUT2D eigenvalue weighted by molar-refractivity contribution is -0.127. The van der Waals surface area contributed by atoms with Crippen molar-refractivity contribution in [3.05, 3.63) is 23.8 Å². The maximum Gasteiger partial charge on any atom is 0.219 e. The third-order valence-corrected chi connectivity index (χ3v) is 3.09. The molecule has 18 heavy (non-hydrogen) atoms. The predicted molar refractivity (Wildman–Crippen MR) is 69.1 cm³/mol. The first kappa shape index (κ1) is 12.7. The van der Waals surface area contributed by atoms with E-state index in [0.29, 0.717) is 13.2 Å². The Kier molecular flexibility index (Phi) is 4.07. The van der Waals surface area contributed by atoms with Gasteiger partial charge in [-0.2, -0.15) is 0 Å². The molecule has 1 heterocycles. The summed E-state index contributed by atoms with van der Waals surface area (Å²) < 4.78 is 11.2. The molecule has 0 fully saturated rings. The maximum atomic E-state index is 11.1. The van der Waals surface area contributed by atoms with Crippen LogP contribution in [-0.4, -0.2) is 37.6 Å². The highest BCUT2D eigenvalue weighted by Crippen LogP contribution is 2.30. The van der Waals surface area contributed by atoms with Crippen molar-refractivity contribution in [2.24, 2.45) is 0 Å². The molecule has 98 valence electrons. The van der Waals surface area contributed by atoms with Gasteiger partial charge < -0.3 is 14.4 Å². The Morgan fingerprint density at radius 2 is 2.00 bits per heavy atom. The van der Waals surface area contributed by atoms with Crippen LogP contribution in [0.5, 0.6) is 11.5 Å². The van der Waals surface area contributed by atoms with Crippen LogP contribution in [-0.2, 0) is 11.2 Å². The summed E-state index contributed by atoms with van der Waals surface area (Å²) in [4.78, 5) is 12.8. The highest BCUT2D eigenvalue weighted by molar-refractivity contribution is 5.72. The second-order valence-electron chi connectivity index (χ2n) is 4.52. The van der Waals surface area contributed by atoms with Crippen LogP contribution in [0.15, 0.2) is 18.2 Å². The SMILES string of the molecule is CC(=O)N(C)CCc1ccc2c(c1)OCCCO2. The predicted octanol–water partition coefficient (Wildman–Crippen LogP) is 1.87. The van der Waals surface area contributed by atoms with E-state index in [1.165, 1.54) is 0 Å². The molecule has 0 atom stereocenters. The van der Waals surface area contributed by atoms with Crippen molar-refractivity contribution in [1.82, 2.24) is 4.90 Å². The van der Waals surface area contributed by atoms with E-state index in [1.54, 1.807) is 11.8 Å². The number of fused-ring (bicyclic) bond motifs is 1. The first-order chi connectivity index (χ1) is 8.66. The number of amides is 1. The number of rotatable bonds is 3. The molecule has 1 amide bonds. The summed E-state index contributed by atoms with van der Waals surface area (Å²) in [7, 11) is 1.81. The normalized spacial score (nSPS) is 13.9. The molecule has 0 unspecified atom stereocenters. The molecule has 0 saturated heterocycles. The maximum absolute atomic E-state index is 11.1. The Morgan fingerprint density at radius 3 is 2.72 bits per heavy atom. The summed E-state index contributed by atoms with van der Waals surface area (Å²) >= 11 is 0. The monoisotopic (exact) mass is 249 g/mol. The standard InChI is InChI=1S/C14H19NO3/c1-11(16)15(2)7-6-12-4-5-13-14(10-12)18-9-3-8-17-13/h4-5,10H,3,6-9H2,1-2H3. The molecular weight excluding hydrogens is 230 g/mol. The van der Waals surface area contributed by atoms with Crippen LogP contribution in [0.4, 0.5) is 0 Å². The molecule has 2 rings (SSSR count). The van der Waals surface area contributed by atoms with Crippen LogP contribution in [0.1, 0.15) is 18.9 Å². The molecule has 4 heteroatoms. The summed E-state index contributed by atoms with van der Waals surface area (Å²) in [5, 5.41) is 0. The van der Waals surface area contributed by atoms with Crippen LogP contribution >= 0.6 is 0 Å². The number of nitrogens with zero attached hydrogens (tertiary/aromatic N) is 1. The molecule has 0 spiro atoms. The lowest BCUT2D eigenvalue weighted by atomic mass is 10.1. The fourth-order valence-corrected chi connectivity index (χ4v) is 1.82. The molecule has 0 aliphatic carbocycles. The minimum absolute atomic E-state index is 0.0874. The van der Waals surface area contributed by atoms with Gasteiger partial charge in [0.2, 0.25) is 5.91 Å². The van der Waals surface area contributed by atoms with E-state index in [0.717, 1.165) is 36.4 Å². The number of hydrogen-bond acceptors (Lipinski definition) is 3. The van der Waals surface area contributed by atoms with E-state index in [1.807, 2.05) is 25.2 Å². The van der Waals surface area contributed by atoms with Gasteiger partial charge >= 0.3 is 0 Å². The van der Waals surface area contributed by atoms with Gasteiger partial charge in [-0.3, -0.25) is 4.79 Å². The molecule has 0 saturated carbocycles. The van der Waals surface area contributed by atoms with E-state index in [4.69, 9.17) is 9.47 Å². The molecule has 0 N–H and O–H groups in total. The number of likely N-dealkylation sites (N-methyl/N-ethyl adjacent to an activating group) is 1. The lowest BCUT2D eigenvalue weighted by Crippen LogP contribution is -2.26. The van der Waals surface area contributed by atoms with Gasteiger partial charge in [0.25, 0.3) is 0 Å². The van der Waals surface area contributed by atoms with Crippen molar-refractivity contribution in [2.45, 2.75) is 19.8 Å². The number of carbonyl (C=O) groups is 1. The fraction of sp³-hybridized carbons (Fsp3) is 0.500. The number of ether oxygens (including phenoxy) is 2. The van der Waals surface area contributed by atoms with Gasteiger partial charge in [-0.1, -0.05) is 6.07 Å².